The first-order valence-corrected chi connectivity index (χ1v) is 14.7. The molecule has 9 heteroatoms. The van der Waals surface area contributed by atoms with E-state index >= 15 is 0 Å². The second-order valence-corrected chi connectivity index (χ2v) is 11.2. The molecule has 1 atom stereocenters. The van der Waals surface area contributed by atoms with Crippen LogP contribution in [0.1, 0.15) is 12.5 Å². The second kappa shape index (κ2) is 13.6. The molecule has 0 aliphatic carbocycles. The minimum Gasteiger partial charge on any atom is -0.457 e. The summed E-state index contributed by atoms with van der Waals surface area (Å²) in [6.45, 7) is 1.38. The van der Waals surface area contributed by atoms with Crippen LogP contribution in [0, 0.1) is 0 Å². The highest BCUT2D eigenvalue weighted by atomic mass is 32.2. The quantitative estimate of drug-likeness (QED) is 0.262. The molecule has 1 N–H and O–H groups in total. The lowest BCUT2D eigenvalue weighted by atomic mass is 10.1. The maximum absolute atomic E-state index is 13.9. The number of carbonyl (C=O) groups is 2. The highest BCUT2D eigenvalue weighted by Crippen LogP contribution is 2.28. The average molecular weight is 572 g/mol. The molecule has 0 aliphatic heterocycles. The van der Waals surface area contributed by atoms with Crippen LogP contribution in [0.2, 0.25) is 0 Å². The molecule has 0 aliphatic rings. The van der Waals surface area contributed by atoms with E-state index in [9.17, 15) is 18.0 Å². The number of likely N-dealkylation sites (N-methyl/N-ethyl adjacent to an activating group) is 1. The number of nitrogens with one attached hydrogen (secondary N) is 1. The zero-order chi connectivity index (χ0) is 29.2. The van der Waals surface area contributed by atoms with Crippen molar-refractivity contribution >= 4 is 27.5 Å². The van der Waals surface area contributed by atoms with Crippen LogP contribution in [-0.2, 0) is 26.0 Å². The van der Waals surface area contributed by atoms with Gasteiger partial charge in [0.1, 0.15) is 24.1 Å². The summed E-state index contributed by atoms with van der Waals surface area (Å²) in [5.74, 6) is 0.315. The summed E-state index contributed by atoms with van der Waals surface area (Å²) in [5.41, 5.74) is 1.29. The van der Waals surface area contributed by atoms with Gasteiger partial charge in [0, 0.05) is 13.6 Å². The Bertz CT molecular complexity index is 1530. The van der Waals surface area contributed by atoms with Crippen molar-refractivity contribution in [3.8, 4) is 11.5 Å². The van der Waals surface area contributed by atoms with Gasteiger partial charge in [-0.15, -0.1) is 0 Å². The Morgan fingerprint density at radius 1 is 0.780 bits per heavy atom. The molecule has 0 spiro atoms. The highest BCUT2D eigenvalue weighted by molar-refractivity contribution is 7.92. The van der Waals surface area contributed by atoms with Gasteiger partial charge >= 0.3 is 0 Å². The van der Waals surface area contributed by atoms with Gasteiger partial charge in [-0.1, -0.05) is 66.7 Å². The van der Waals surface area contributed by atoms with Gasteiger partial charge in [-0.3, -0.25) is 13.9 Å². The fourth-order valence-electron chi connectivity index (χ4n) is 4.33. The number of amides is 2. The van der Waals surface area contributed by atoms with Crippen LogP contribution in [0.4, 0.5) is 5.69 Å². The third-order valence-corrected chi connectivity index (χ3v) is 8.40. The van der Waals surface area contributed by atoms with Gasteiger partial charge < -0.3 is 15.0 Å². The van der Waals surface area contributed by atoms with Crippen LogP contribution in [0.3, 0.4) is 0 Å². The topological polar surface area (TPSA) is 96.0 Å². The molecule has 212 valence electrons. The molecule has 4 aromatic rings. The zero-order valence-electron chi connectivity index (χ0n) is 23.0. The lowest BCUT2D eigenvalue weighted by molar-refractivity contribution is -0.138. The fraction of sp³-hybridized carbons (Fsp3) is 0.188. The van der Waals surface area contributed by atoms with E-state index in [2.05, 4.69) is 5.32 Å². The number of para-hydroxylation sites is 1. The van der Waals surface area contributed by atoms with Gasteiger partial charge in [0.2, 0.25) is 11.8 Å². The Balaban J connectivity index is 1.65. The summed E-state index contributed by atoms with van der Waals surface area (Å²) in [6.07, 6.45) is 0.505. The molecule has 0 aromatic heterocycles. The van der Waals surface area contributed by atoms with E-state index in [4.69, 9.17) is 4.74 Å². The van der Waals surface area contributed by atoms with Gasteiger partial charge in [-0.2, -0.15) is 0 Å². The van der Waals surface area contributed by atoms with Crippen molar-refractivity contribution in [3.05, 3.63) is 121 Å². The second-order valence-electron chi connectivity index (χ2n) is 9.35. The first-order chi connectivity index (χ1) is 19.8. The van der Waals surface area contributed by atoms with E-state index in [-0.39, 0.29) is 17.3 Å². The first-order valence-electron chi connectivity index (χ1n) is 13.3. The number of ether oxygens (including phenoxy) is 1. The third kappa shape index (κ3) is 7.52. The van der Waals surface area contributed by atoms with E-state index in [0.29, 0.717) is 23.6 Å². The monoisotopic (exact) mass is 571 g/mol. The zero-order valence-corrected chi connectivity index (χ0v) is 23.8. The summed E-state index contributed by atoms with van der Waals surface area (Å²) in [6, 6.07) is 32.5. The van der Waals surface area contributed by atoms with Gasteiger partial charge in [0.05, 0.1) is 10.6 Å². The van der Waals surface area contributed by atoms with Crippen LogP contribution in [0.25, 0.3) is 0 Å². The molecule has 0 bridgehead atoms. The lowest BCUT2D eigenvalue weighted by Crippen LogP contribution is -2.51. The molecule has 4 aromatic carbocycles. The molecule has 0 heterocycles. The van der Waals surface area contributed by atoms with Crippen LogP contribution >= 0.6 is 0 Å². The largest absolute Gasteiger partial charge is 0.457 e. The number of hydrogen-bond donors (Lipinski definition) is 1. The Hall–Kier alpha value is -4.63. The number of benzene rings is 4. The summed E-state index contributed by atoms with van der Waals surface area (Å²) in [4.78, 5) is 27.9. The van der Waals surface area contributed by atoms with Gasteiger partial charge in [0.15, 0.2) is 0 Å². The van der Waals surface area contributed by atoms with Crippen molar-refractivity contribution in [2.75, 3.05) is 24.4 Å². The number of rotatable bonds is 12. The first kappa shape index (κ1) is 29.4. The minimum atomic E-state index is -4.13. The Labute approximate surface area is 241 Å². The van der Waals surface area contributed by atoms with Gasteiger partial charge in [0.25, 0.3) is 10.0 Å². The van der Waals surface area contributed by atoms with E-state index in [1.165, 1.54) is 24.1 Å². The van der Waals surface area contributed by atoms with Crippen molar-refractivity contribution in [2.45, 2.75) is 24.3 Å². The van der Waals surface area contributed by atoms with Crippen molar-refractivity contribution in [1.82, 2.24) is 10.2 Å². The molecule has 0 fully saturated rings. The Morgan fingerprint density at radius 2 is 1.32 bits per heavy atom. The Morgan fingerprint density at radius 3 is 1.90 bits per heavy atom. The maximum Gasteiger partial charge on any atom is 0.264 e. The number of carbonyl (C=O) groups excluding carboxylic acids is 2. The fourth-order valence-corrected chi connectivity index (χ4v) is 5.77. The highest BCUT2D eigenvalue weighted by Gasteiger charge is 2.32. The number of sulfonamides is 1. The van der Waals surface area contributed by atoms with Crippen molar-refractivity contribution in [3.63, 3.8) is 0 Å². The summed E-state index contributed by atoms with van der Waals surface area (Å²) < 4.78 is 34.6. The average Bonchev–Trinajstić information content (AvgIpc) is 3.01. The van der Waals surface area contributed by atoms with Gasteiger partial charge in [-0.05, 0) is 67.4 Å². The van der Waals surface area contributed by atoms with Crippen LogP contribution in [0.5, 0.6) is 11.5 Å². The number of anilines is 1. The van der Waals surface area contributed by atoms with Crippen molar-refractivity contribution < 1.29 is 22.7 Å². The van der Waals surface area contributed by atoms with Crippen LogP contribution in [-0.4, -0.2) is 51.3 Å². The molecule has 0 radical (unpaired) electrons. The molecule has 4 rings (SSSR count). The Kier molecular flexibility index (Phi) is 9.76. The van der Waals surface area contributed by atoms with Crippen LogP contribution in [0.15, 0.2) is 120 Å². The standard InChI is InChI=1S/C32H33N3O5S/c1-25(32(37)33-2)34(23-22-26-12-6-3-7-13-26)31(36)24-35(41(38,39)30-16-10-5-11-17-30)27-18-20-29(21-19-27)40-28-14-8-4-9-15-28/h3-21,25H,22-24H2,1-2H3,(H,33,37)/t25-/m1/s1. The molecule has 2 amide bonds. The van der Waals surface area contributed by atoms with E-state index in [1.807, 2.05) is 60.7 Å². The maximum atomic E-state index is 13.9. The number of nitrogens with zero attached hydrogens (tertiary/aromatic N) is 2. The van der Waals surface area contributed by atoms with E-state index in [0.717, 1.165) is 9.87 Å². The normalized spacial score (nSPS) is 11.8. The predicted molar refractivity (Wildman–Crippen MR) is 159 cm³/mol. The predicted octanol–water partition coefficient (Wildman–Crippen LogP) is 4.88. The molecular weight excluding hydrogens is 538 g/mol. The van der Waals surface area contributed by atoms with E-state index in [1.54, 1.807) is 49.4 Å². The van der Waals surface area contributed by atoms with Crippen LogP contribution < -0.4 is 14.4 Å². The summed E-state index contributed by atoms with van der Waals surface area (Å²) in [5, 5.41) is 2.59. The molecular formula is C32H33N3O5S. The van der Waals surface area contributed by atoms with Crippen molar-refractivity contribution in [1.29, 1.82) is 0 Å². The van der Waals surface area contributed by atoms with Crippen molar-refractivity contribution in [2.24, 2.45) is 0 Å². The molecule has 0 unspecified atom stereocenters. The summed E-state index contributed by atoms with van der Waals surface area (Å²) in [7, 11) is -2.62. The lowest BCUT2D eigenvalue weighted by Gasteiger charge is -2.31. The third-order valence-electron chi connectivity index (χ3n) is 6.61. The molecule has 0 saturated carbocycles. The smallest absolute Gasteiger partial charge is 0.264 e. The van der Waals surface area contributed by atoms with E-state index < -0.39 is 28.5 Å². The molecule has 41 heavy (non-hydrogen) atoms. The SMILES string of the molecule is CNC(=O)[C@@H](C)N(CCc1ccccc1)C(=O)CN(c1ccc(Oc2ccccc2)cc1)S(=O)(=O)c1ccccc1. The summed E-state index contributed by atoms with van der Waals surface area (Å²) >= 11 is 0. The number of hydrogen-bond acceptors (Lipinski definition) is 5. The molecule has 0 saturated heterocycles. The van der Waals surface area contributed by atoms with Gasteiger partial charge in [-0.25, -0.2) is 8.42 Å². The molecule has 8 nitrogen and oxygen atoms in total. The minimum absolute atomic E-state index is 0.0487.